The second kappa shape index (κ2) is 6.90. The number of hydrogen-bond acceptors (Lipinski definition) is 4. The van der Waals surface area contributed by atoms with E-state index in [0.29, 0.717) is 5.56 Å². The highest BCUT2D eigenvalue weighted by molar-refractivity contribution is 7.86. The Morgan fingerprint density at radius 2 is 1.94 bits per heavy atom. The van der Waals surface area contributed by atoms with Gasteiger partial charge in [0.15, 0.2) is 5.25 Å². The Bertz CT molecular complexity index is 443. The topological polar surface area (TPSA) is 80.7 Å². The fourth-order valence-electron chi connectivity index (χ4n) is 1.44. The van der Waals surface area contributed by atoms with Crippen LogP contribution in [0.4, 0.5) is 0 Å². The number of carbonyl (C=O) groups is 2. The lowest BCUT2D eigenvalue weighted by molar-refractivity contribution is -0.140. The minimum atomic E-state index is -1.61. The Balaban J connectivity index is 2.89. The van der Waals surface area contributed by atoms with Crippen LogP contribution in [0.15, 0.2) is 30.3 Å². The van der Waals surface area contributed by atoms with Gasteiger partial charge in [0.1, 0.15) is 0 Å². The summed E-state index contributed by atoms with van der Waals surface area (Å²) in [5, 5.41) is 7.63. The zero-order valence-electron chi connectivity index (χ0n) is 9.87. The van der Waals surface area contributed by atoms with Crippen molar-refractivity contribution in [2.24, 2.45) is 0 Å². The van der Waals surface area contributed by atoms with E-state index in [4.69, 9.17) is 5.11 Å². The van der Waals surface area contributed by atoms with Crippen molar-refractivity contribution in [3.05, 3.63) is 35.9 Å². The average Bonchev–Trinajstić information content (AvgIpc) is 2.37. The normalized spacial score (nSPS) is 13.6. The number of hydrogen-bond donors (Lipinski definition) is 1. The highest BCUT2D eigenvalue weighted by atomic mass is 32.2. The number of carbonyl (C=O) groups excluding carboxylic acids is 1. The molecule has 1 aromatic carbocycles. The highest BCUT2D eigenvalue weighted by Crippen LogP contribution is 2.22. The Hall–Kier alpha value is -1.69. The van der Waals surface area contributed by atoms with Crippen LogP contribution in [-0.2, 0) is 25.1 Å². The van der Waals surface area contributed by atoms with Gasteiger partial charge in [-0.05, 0) is 5.56 Å². The maximum Gasteiger partial charge on any atom is 0.326 e. The number of carboxylic acid groups (broad SMARTS) is 1. The number of esters is 1. The summed E-state index contributed by atoms with van der Waals surface area (Å²) in [6.45, 7) is 0. The van der Waals surface area contributed by atoms with Gasteiger partial charge in [-0.2, -0.15) is 0 Å². The van der Waals surface area contributed by atoms with Crippen molar-refractivity contribution < 1.29 is 23.6 Å². The van der Waals surface area contributed by atoms with Crippen LogP contribution in [-0.4, -0.2) is 34.1 Å². The van der Waals surface area contributed by atoms with Crippen LogP contribution < -0.4 is 0 Å². The van der Waals surface area contributed by atoms with Crippen molar-refractivity contribution in [2.45, 2.75) is 11.7 Å². The number of methoxy groups -OCH3 is 1. The van der Waals surface area contributed by atoms with E-state index < -0.39 is 28.0 Å². The highest BCUT2D eigenvalue weighted by Gasteiger charge is 2.28. The first-order valence-corrected chi connectivity index (χ1v) is 6.66. The molecule has 0 spiro atoms. The molecule has 0 aliphatic carbocycles. The monoisotopic (exact) mass is 270 g/mol. The van der Waals surface area contributed by atoms with Gasteiger partial charge < -0.3 is 9.84 Å². The first-order valence-electron chi connectivity index (χ1n) is 5.28. The van der Waals surface area contributed by atoms with E-state index in [0.717, 1.165) is 0 Å². The smallest absolute Gasteiger partial charge is 0.326 e. The SMILES string of the molecule is COC(=O)C(c1ccccc1)S(=O)CCC(=O)O. The molecule has 0 radical (unpaired) electrons. The molecule has 0 heterocycles. The van der Waals surface area contributed by atoms with Gasteiger partial charge in [0.2, 0.25) is 0 Å². The van der Waals surface area contributed by atoms with Gasteiger partial charge in [-0.25, -0.2) is 0 Å². The third-order valence-corrected chi connectivity index (χ3v) is 3.89. The first kappa shape index (κ1) is 14.4. The molecular weight excluding hydrogens is 256 g/mol. The maximum atomic E-state index is 12.0. The lowest BCUT2D eigenvalue weighted by Crippen LogP contribution is -2.22. The summed E-state index contributed by atoms with van der Waals surface area (Å²) in [4.78, 5) is 22.1. The molecule has 0 saturated carbocycles. The zero-order chi connectivity index (χ0) is 13.5. The molecule has 5 nitrogen and oxygen atoms in total. The lowest BCUT2D eigenvalue weighted by atomic mass is 10.1. The third-order valence-electron chi connectivity index (χ3n) is 2.30. The second-order valence-corrected chi connectivity index (χ2v) is 5.18. The van der Waals surface area contributed by atoms with Crippen molar-refractivity contribution >= 4 is 22.7 Å². The number of aliphatic carboxylic acids is 1. The van der Waals surface area contributed by atoms with Gasteiger partial charge in [-0.3, -0.25) is 13.8 Å². The molecule has 2 unspecified atom stereocenters. The van der Waals surface area contributed by atoms with E-state index >= 15 is 0 Å². The molecule has 98 valence electrons. The average molecular weight is 270 g/mol. The van der Waals surface area contributed by atoms with E-state index in [2.05, 4.69) is 4.74 Å². The van der Waals surface area contributed by atoms with Gasteiger partial charge in [-0.15, -0.1) is 0 Å². The molecule has 0 amide bonds. The van der Waals surface area contributed by atoms with Crippen LogP contribution in [0.2, 0.25) is 0 Å². The molecule has 1 N–H and O–H groups in total. The van der Waals surface area contributed by atoms with Crippen LogP contribution in [0, 0.1) is 0 Å². The third kappa shape index (κ3) is 3.96. The molecular formula is C12H14O5S. The summed E-state index contributed by atoms with van der Waals surface area (Å²) >= 11 is 0. The van der Waals surface area contributed by atoms with Gasteiger partial charge in [0.05, 0.1) is 13.5 Å². The standard InChI is InChI=1S/C12H14O5S/c1-17-12(15)11(9-5-3-2-4-6-9)18(16)8-7-10(13)14/h2-6,11H,7-8H2,1H3,(H,13,14). The Morgan fingerprint density at radius 1 is 1.33 bits per heavy atom. The van der Waals surface area contributed by atoms with E-state index in [-0.39, 0.29) is 12.2 Å². The van der Waals surface area contributed by atoms with Crippen molar-refractivity contribution in [3.63, 3.8) is 0 Å². The number of ether oxygens (including phenoxy) is 1. The summed E-state index contributed by atoms with van der Waals surface area (Å²) in [6.07, 6.45) is -0.243. The molecule has 1 aromatic rings. The van der Waals surface area contributed by atoms with Gasteiger partial charge in [0, 0.05) is 16.6 Å². The van der Waals surface area contributed by atoms with Crippen molar-refractivity contribution in [1.82, 2.24) is 0 Å². The Morgan fingerprint density at radius 3 is 2.44 bits per heavy atom. The minimum Gasteiger partial charge on any atom is -0.481 e. The lowest BCUT2D eigenvalue weighted by Gasteiger charge is -2.14. The first-order chi connectivity index (χ1) is 8.56. The van der Waals surface area contributed by atoms with Crippen LogP contribution in [0.25, 0.3) is 0 Å². The molecule has 0 aromatic heterocycles. The largest absolute Gasteiger partial charge is 0.481 e. The molecule has 0 saturated heterocycles. The number of rotatable bonds is 6. The summed E-state index contributed by atoms with van der Waals surface area (Å²) in [5.41, 5.74) is 0.563. The molecule has 18 heavy (non-hydrogen) atoms. The van der Waals surface area contributed by atoms with E-state index in [9.17, 15) is 13.8 Å². The quantitative estimate of drug-likeness (QED) is 0.783. The van der Waals surface area contributed by atoms with Gasteiger partial charge in [0.25, 0.3) is 0 Å². The van der Waals surface area contributed by atoms with Crippen LogP contribution in [0.5, 0.6) is 0 Å². The van der Waals surface area contributed by atoms with Crippen molar-refractivity contribution in [2.75, 3.05) is 12.9 Å². The summed E-state index contributed by atoms with van der Waals surface area (Å²) < 4.78 is 16.6. The van der Waals surface area contributed by atoms with E-state index in [1.807, 2.05) is 0 Å². The maximum absolute atomic E-state index is 12.0. The molecule has 0 fully saturated rings. The molecule has 1 rings (SSSR count). The van der Waals surface area contributed by atoms with Gasteiger partial charge in [-0.1, -0.05) is 30.3 Å². The predicted octanol–water partition coefficient (Wildman–Crippen LogP) is 1.12. The van der Waals surface area contributed by atoms with Crippen LogP contribution >= 0.6 is 0 Å². The summed E-state index contributed by atoms with van der Waals surface area (Å²) in [7, 11) is -0.400. The molecule has 0 aliphatic heterocycles. The van der Waals surface area contributed by atoms with E-state index in [1.54, 1.807) is 30.3 Å². The van der Waals surface area contributed by atoms with E-state index in [1.165, 1.54) is 7.11 Å². The Kier molecular flexibility index (Phi) is 5.51. The molecule has 0 aliphatic rings. The van der Waals surface area contributed by atoms with Crippen molar-refractivity contribution in [1.29, 1.82) is 0 Å². The molecule has 2 atom stereocenters. The van der Waals surface area contributed by atoms with Crippen LogP contribution in [0.1, 0.15) is 17.2 Å². The minimum absolute atomic E-state index is 0.0794. The predicted molar refractivity (Wildman–Crippen MR) is 66.5 cm³/mol. The number of benzene rings is 1. The zero-order valence-corrected chi connectivity index (χ0v) is 10.7. The van der Waals surface area contributed by atoms with Crippen LogP contribution in [0.3, 0.4) is 0 Å². The number of carboxylic acids is 1. The van der Waals surface area contributed by atoms with Gasteiger partial charge >= 0.3 is 11.9 Å². The summed E-state index contributed by atoms with van der Waals surface area (Å²) in [6, 6.07) is 8.55. The fraction of sp³-hybridized carbons (Fsp3) is 0.333. The Labute approximate surface area is 107 Å². The van der Waals surface area contributed by atoms with Crippen molar-refractivity contribution in [3.8, 4) is 0 Å². The fourth-order valence-corrected chi connectivity index (χ4v) is 2.82. The second-order valence-electron chi connectivity index (χ2n) is 3.54. The molecule has 6 heteroatoms. The summed E-state index contributed by atoms with van der Waals surface area (Å²) in [5.74, 6) is -1.74. The molecule has 0 bridgehead atoms.